The summed E-state index contributed by atoms with van der Waals surface area (Å²) in [5, 5.41) is 8.79. The van der Waals surface area contributed by atoms with E-state index < -0.39 is 12.0 Å². The minimum absolute atomic E-state index is 0.112. The van der Waals surface area contributed by atoms with Gasteiger partial charge in [0.15, 0.2) is 0 Å². The van der Waals surface area contributed by atoms with Crippen LogP contribution in [-0.4, -0.2) is 33.3 Å². The van der Waals surface area contributed by atoms with Crippen LogP contribution in [0.3, 0.4) is 0 Å². The molecule has 1 aromatic carbocycles. The molecule has 0 bridgehead atoms. The number of halogens is 2. The van der Waals surface area contributed by atoms with Crippen LogP contribution >= 0.6 is 0 Å². The van der Waals surface area contributed by atoms with Crippen LogP contribution in [0.25, 0.3) is 0 Å². The lowest BCUT2D eigenvalue weighted by molar-refractivity contribution is 0.166. The van der Waals surface area contributed by atoms with Crippen LogP contribution in [0.1, 0.15) is 36.7 Å². The SMILES string of the molecule is Fc1ccc(F)c([C@H]2CCCN2C2=COC(N=NC3CCn4ccnc4C3)C=C2)c1. The van der Waals surface area contributed by atoms with Crippen LogP contribution in [0, 0.1) is 11.6 Å². The standard InChI is InChI=1S/C22H23F2N5O/c23-15-3-5-19(24)18(12-15)20-2-1-9-29(20)17-4-6-22(30-14-17)27-26-16-7-10-28-11-8-25-21(28)13-16/h3-6,8,11-12,14,16,20,22H,1-2,7,9-10,13H2/t16?,20-,22?/m1/s1. The highest BCUT2D eigenvalue weighted by Crippen LogP contribution is 2.37. The molecule has 2 aromatic rings. The van der Waals surface area contributed by atoms with Gasteiger partial charge in [-0.1, -0.05) is 0 Å². The second-order valence-corrected chi connectivity index (χ2v) is 7.86. The van der Waals surface area contributed by atoms with Crippen molar-refractivity contribution in [2.45, 2.75) is 50.5 Å². The fraction of sp³-hybridized carbons (Fsp3) is 0.409. The van der Waals surface area contributed by atoms with Gasteiger partial charge in [-0.3, -0.25) is 0 Å². The molecule has 156 valence electrons. The van der Waals surface area contributed by atoms with Crippen molar-refractivity contribution in [1.82, 2.24) is 14.5 Å². The maximum absolute atomic E-state index is 14.3. The molecule has 30 heavy (non-hydrogen) atoms. The van der Waals surface area contributed by atoms with E-state index in [1.807, 2.05) is 24.5 Å². The zero-order chi connectivity index (χ0) is 20.5. The quantitative estimate of drug-likeness (QED) is 0.695. The Bertz CT molecular complexity index is 1010. The van der Waals surface area contributed by atoms with Gasteiger partial charge in [0.2, 0.25) is 6.23 Å². The molecule has 6 nitrogen and oxygen atoms in total. The lowest BCUT2D eigenvalue weighted by Gasteiger charge is -2.29. The molecule has 3 atom stereocenters. The Hall–Kier alpha value is -3.03. The minimum Gasteiger partial charge on any atom is -0.469 e. The Morgan fingerprint density at radius 3 is 2.93 bits per heavy atom. The van der Waals surface area contributed by atoms with Gasteiger partial charge in [-0.05, 0) is 49.6 Å². The zero-order valence-electron chi connectivity index (χ0n) is 16.5. The predicted octanol–water partition coefficient (Wildman–Crippen LogP) is 4.52. The average Bonchev–Trinajstić information content (AvgIpc) is 3.43. The van der Waals surface area contributed by atoms with Gasteiger partial charge in [-0.2, -0.15) is 5.11 Å². The van der Waals surface area contributed by atoms with E-state index in [0.29, 0.717) is 5.56 Å². The first-order chi connectivity index (χ1) is 14.7. The predicted molar refractivity (Wildman–Crippen MR) is 106 cm³/mol. The van der Waals surface area contributed by atoms with Crippen molar-refractivity contribution in [2.24, 2.45) is 10.2 Å². The maximum Gasteiger partial charge on any atom is 0.227 e. The van der Waals surface area contributed by atoms with E-state index in [2.05, 4.69) is 24.7 Å². The van der Waals surface area contributed by atoms with E-state index in [4.69, 9.17) is 4.74 Å². The second kappa shape index (κ2) is 8.01. The van der Waals surface area contributed by atoms with Crippen LogP contribution in [0.2, 0.25) is 0 Å². The number of hydrogen-bond donors (Lipinski definition) is 0. The van der Waals surface area contributed by atoms with Crippen molar-refractivity contribution in [1.29, 1.82) is 0 Å². The number of azo groups is 1. The number of hydrogen-bond acceptors (Lipinski definition) is 5. The molecule has 0 spiro atoms. The van der Waals surface area contributed by atoms with Crippen LogP contribution in [0.5, 0.6) is 0 Å². The summed E-state index contributed by atoms with van der Waals surface area (Å²) < 4.78 is 35.8. The first-order valence-corrected chi connectivity index (χ1v) is 10.3. The number of likely N-dealkylation sites (tertiary alicyclic amines) is 1. The molecule has 3 aliphatic heterocycles. The summed E-state index contributed by atoms with van der Waals surface area (Å²) in [4.78, 5) is 6.41. The molecule has 0 radical (unpaired) electrons. The van der Waals surface area contributed by atoms with Gasteiger partial charge in [0.1, 0.15) is 23.7 Å². The van der Waals surface area contributed by atoms with Crippen molar-refractivity contribution >= 4 is 0 Å². The third kappa shape index (κ3) is 3.74. The van der Waals surface area contributed by atoms with E-state index >= 15 is 0 Å². The number of nitrogens with zero attached hydrogens (tertiary/aromatic N) is 5. The third-order valence-corrected chi connectivity index (χ3v) is 5.93. The van der Waals surface area contributed by atoms with Gasteiger partial charge in [0.05, 0.1) is 17.8 Å². The van der Waals surface area contributed by atoms with Gasteiger partial charge >= 0.3 is 0 Å². The molecule has 8 heteroatoms. The summed E-state index contributed by atoms with van der Waals surface area (Å²) in [6, 6.07) is 3.54. The molecule has 1 fully saturated rings. The normalized spacial score (nSPS) is 26.0. The molecule has 0 N–H and O–H groups in total. The molecule has 4 heterocycles. The molecule has 1 saturated heterocycles. The smallest absolute Gasteiger partial charge is 0.227 e. The van der Waals surface area contributed by atoms with E-state index in [-0.39, 0.29) is 17.9 Å². The number of ether oxygens (including phenoxy) is 1. The number of aryl methyl sites for hydroxylation is 1. The van der Waals surface area contributed by atoms with Crippen molar-refractivity contribution in [2.75, 3.05) is 6.54 Å². The van der Waals surface area contributed by atoms with Gasteiger partial charge in [-0.25, -0.2) is 13.8 Å². The zero-order valence-corrected chi connectivity index (χ0v) is 16.5. The Morgan fingerprint density at radius 2 is 2.07 bits per heavy atom. The molecule has 0 saturated carbocycles. The number of rotatable bonds is 4. The minimum atomic E-state index is -0.470. The molecule has 0 aliphatic carbocycles. The molecule has 1 aromatic heterocycles. The van der Waals surface area contributed by atoms with Crippen molar-refractivity contribution in [3.8, 4) is 0 Å². The summed E-state index contributed by atoms with van der Waals surface area (Å²) in [6.45, 7) is 1.67. The monoisotopic (exact) mass is 411 g/mol. The first-order valence-electron chi connectivity index (χ1n) is 10.3. The van der Waals surface area contributed by atoms with Gasteiger partial charge in [0.25, 0.3) is 0 Å². The summed E-state index contributed by atoms with van der Waals surface area (Å²) in [5.41, 5.74) is 1.23. The van der Waals surface area contributed by atoms with Crippen molar-refractivity contribution < 1.29 is 13.5 Å². The summed E-state index contributed by atoms with van der Waals surface area (Å²) in [6.07, 6.45) is 12.1. The lowest BCUT2D eigenvalue weighted by atomic mass is 10.0. The van der Waals surface area contributed by atoms with Gasteiger partial charge in [0, 0.05) is 37.5 Å². The topological polar surface area (TPSA) is 55.0 Å². The number of allylic oxidation sites excluding steroid dienone is 1. The molecule has 0 amide bonds. The number of benzene rings is 1. The van der Waals surface area contributed by atoms with Crippen molar-refractivity contribution in [3.05, 3.63) is 77.7 Å². The highest BCUT2D eigenvalue weighted by molar-refractivity contribution is 5.28. The fourth-order valence-electron chi connectivity index (χ4n) is 4.40. The van der Waals surface area contributed by atoms with E-state index in [0.717, 1.165) is 56.4 Å². The molecule has 5 rings (SSSR count). The summed E-state index contributed by atoms with van der Waals surface area (Å²) in [5.74, 6) is 0.236. The van der Waals surface area contributed by atoms with E-state index in [9.17, 15) is 8.78 Å². The molecule has 2 unspecified atom stereocenters. The lowest BCUT2D eigenvalue weighted by Crippen LogP contribution is -2.25. The highest BCUT2D eigenvalue weighted by Gasteiger charge is 2.30. The average molecular weight is 411 g/mol. The number of fused-ring (bicyclic) bond motifs is 1. The number of imidazole rings is 1. The maximum atomic E-state index is 14.3. The molecule has 3 aliphatic rings. The third-order valence-electron chi connectivity index (χ3n) is 5.93. The fourth-order valence-corrected chi connectivity index (χ4v) is 4.40. The first kappa shape index (κ1) is 19.0. The van der Waals surface area contributed by atoms with Gasteiger partial charge in [-0.15, -0.1) is 5.11 Å². The van der Waals surface area contributed by atoms with E-state index in [1.165, 1.54) is 12.1 Å². The summed E-state index contributed by atoms with van der Waals surface area (Å²) in [7, 11) is 0. The van der Waals surface area contributed by atoms with Crippen LogP contribution in [0.4, 0.5) is 8.78 Å². The summed E-state index contributed by atoms with van der Waals surface area (Å²) >= 11 is 0. The van der Waals surface area contributed by atoms with Crippen molar-refractivity contribution in [3.63, 3.8) is 0 Å². The van der Waals surface area contributed by atoms with Crippen LogP contribution in [0.15, 0.2) is 64.9 Å². The Balaban J connectivity index is 1.23. The number of aromatic nitrogens is 2. The van der Waals surface area contributed by atoms with E-state index in [1.54, 1.807) is 6.26 Å². The second-order valence-electron chi connectivity index (χ2n) is 7.86. The Kier molecular flexibility index (Phi) is 5.06. The highest BCUT2D eigenvalue weighted by atomic mass is 19.1. The largest absolute Gasteiger partial charge is 0.469 e. The van der Waals surface area contributed by atoms with Crippen LogP contribution < -0.4 is 0 Å². The Morgan fingerprint density at radius 1 is 1.13 bits per heavy atom. The molecular formula is C22H23F2N5O. The Labute approximate surface area is 173 Å². The molecular weight excluding hydrogens is 388 g/mol. The van der Waals surface area contributed by atoms with Gasteiger partial charge < -0.3 is 14.2 Å². The van der Waals surface area contributed by atoms with Crippen LogP contribution in [-0.2, 0) is 17.7 Å².